The number of aromatic nitrogens is 2. The van der Waals surface area contributed by atoms with Crippen LogP contribution < -0.4 is 5.73 Å². The fourth-order valence-corrected chi connectivity index (χ4v) is 2.93. The van der Waals surface area contributed by atoms with Crippen LogP contribution in [0.5, 0.6) is 0 Å². The molecule has 0 fully saturated rings. The van der Waals surface area contributed by atoms with Gasteiger partial charge in [-0.1, -0.05) is 12.1 Å². The zero-order valence-corrected chi connectivity index (χ0v) is 11.4. The highest BCUT2D eigenvalue weighted by atomic mass is 32.1. The number of thiazole rings is 1. The third-order valence-corrected chi connectivity index (χ3v) is 3.81. The van der Waals surface area contributed by atoms with Crippen molar-refractivity contribution in [2.24, 2.45) is 0 Å². The van der Waals surface area contributed by atoms with Gasteiger partial charge in [-0.3, -0.25) is 4.98 Å². The molecule has 0 saturated carbocycles. The van der Waals surface area contributed by atoms with Gasteiger partial charge in [0.1, 0.15) is 5.82 Å². The van der Waals surface area contributed by atoms with E-state index in [9.17, 15) is 4.39 Å². The van der Waals surface area contributed by atoms with E-state index >= 15 is 0 Å². The lowest BCUT2D eigenvalue weighted by Gasteiger charge is -2.03. The maximum atomic E-state index is 13.4. The van der Waals surface area contributed by atoms with Gasteiger partial charge in [0.25, 0.3) is 0 Å². The minimum atomic E-state index is -0.274. The predicted octanol–water partition coefficient (Wildman–Crippen LogP) is 3.52. The smallest absolute Gasteiger partial charge is 0.180 e. The number of nitrogens with zero attached hydrogens (tertiary/aromatic N) is 2. The van der Waals surface area contributed by atoms with Crippen LogP contribution in [-0.4, -0.2) is 9.97 Å². The second-order valence-electron chi connectivity index (χ2n) is 4.37. The second kappa shape index (κ2) is 5.38. The molecule has 2 heterocycles. The number of nitrogen functional groups attached to an aromatic ring is 1. The summed E-state index contributed by atoms with van der Waals surface area (Å²) in [5, 5.41) is 0.494. The molecule has 0 bridgehead atoms. The van der Waals surface area contributed by atoms with Crippen molar-refractivity contribution < 1.29 is 4.39 Å². The maximum absolute atomic E-state index is 13.4. The number of benzene rings is 1. The molecule has 0 spiro atoms. The molecule has 0 atom stereocenters. The molecule has 0 amide bonds. The minimum Gasteiger partial charge on any atom is -0.375 e. The summed E-state index contributed by atoms with van der Waals surface area (Å²) in [7, 11) is 0. The Labute approximate surface area is 119 Å². The number of halogens is 1. The van der Waals surface area contributed by atoms with Crippen molar-refractivity contribution in [3.8, 4) is 11.3 Å². The van der Waals surface area contributed by atoms with Crippen molar-refractivity contribution in [2.75, 3.05) is 5.73 Å². The Hall–Kier alpha value is -2.27. The van der Waals surface area contributed by atoms with Gasteiger partial charge in [0.2, 0.25) is 0 Å². The van der Waals surface area contributed by atoms with Gasteiger partial charge in [0.15, 0.2) is 5.13 Å². The summed E-state index contributed by atoms with van der Waals surface area (Å²) in [6, 6.07) is 10.3. The van der Waals surface area contributed by atoms with Crippen LogP contribution in [0.4, 0.5) is 9.52 Å². The summed E-state index contributed by atoms with van der Waals surface area (Å²) in [4.78, 5) is 9.36. The summed E-state index contributed by atoms with van der Waals surface area (Å²) < 4.78 is 13.4. The summed E-state index contributed by atoms with van der Waals surface area (Å²) >= 11 is 1.43. The van der Waals surface area contributed by atoms with Gasteiger partial charge >= 0.3 is 0 Å². The topological polar surface area (TPSA) is 51.8 Å². The van der Waals surface area contributed by atoms with Gasteiger partial charge in [-0.2, -0.15) is 0 Å². The minimum absolute atomic E-state index is 0.274. The Morgan fingerprint density at radius 2 is 1.95 bits per heavy atom. The average Bonchev–Trinajstić information content (AvgIpc) is 2.81. The number of nitrogens with two attached hydrogens (primary N) is 1. The van der Waals surface area contributed by atoms with Crippen molar-refractivity contribution in [1.29, 1.82) is 0 Å². The first-order valence-corrected chi connectivity index (χ1v) is 6.94. The van der Waals surface area contributed by atoms with Gasteiger partial charge in [-0.05, 0) is 29.8 Å². The van der Waals surface area contributed by atoms with E-state index in [1.165, 1.54) is 23.5 Å². The van der Waals surface area contributed by atoms with E-state index < -0.39 is 0 Å². The van der Waals surface area contributed by atoms with Crippen molar-refractivity contribution in [1.82, 2.24) is 9.97 Å². The number of pyridine rings is 1. The molecule has 0 radical (unpaired) electrons. The monoisotopic (exact) mass is 285 g/mol. The van der Waals surface area contributed by atoms with E-state index in [1.54, 1.807) is 18.5 Å². The molecular formula is C15H12FN3S. The molecule has 0 saturated heterocycles. The van der Waals surface area contributed by atoms with Gasteiger partial charge in [-0.15, -0.1) is 11.3 Å². The molecule has 1 aromatic carbocycles. The number of hydrogen-bond acceptors (Lipinski definition) is 4. The maximum Gasteiger partial charge on any atom is 0.180 e. The second-order valence-corrected chi connectivity index (χ2v) is 5.48. The highest BCUT2D eigenvalue weighted by Gasteiger charge is 2.12. The van der Waals surface area contributed by atoms with Gasteiger partial charge < -0.3 is 5.73 Å². The fraction of sp³-hybridized carbons (Fsp3) is 0.0667. The van der Waals surface area contributed by atoms with Crippen molar-refractivity contribution in [2.45, 2.75) is 6.42 Å². The van der Waals surface area contributed by atoms with Crippen LogP contribution in [0.25, 0.3) is 11.3 Å². The first kappa shape index (κ1) is 12.7. The first-order valence-electron chi connectivity index (χ1n) is 6.12. The lowest BCUT2D eigenvalue weighted by atomic mass is 10.1. The van der Waals surface area contributed by atoms with Crippen molar-refractivity contribution in [3.63, 3.8) is 0 Å². The third kappa shape index (κ3) is 2.67. The van der Waals surface area contributed by atoms with Crippen LogP contribution in [0, 0.1) is 5.82 Å². The standard InChI is InChI=1S/C15H12FN3S/c16-12-3-1-2-11(9-12)14-13(20-15(17)19-14)8-10-4-6-18-7-5-10/h1-7,9H,8H2,(H2,17,19). The number of rotatable bonds is 3. The van der Waals surface area contributed by atoms with Crippen LogP contribution in [0.15, 0.2) is 48.8 Å². The Morgan fingerprint density at radius 3 is 2.70 bits per heavy atom. The Balaban J connectivity index is 2.00. The van der Waals surface area contributed by atoms with E-state index in [1.807, 2.05) is 18.2 Å². The van der Waals surface area contributed by atoms with E-state index in [2.05, 4.69) is 9.97 Å². The molecule has 3 aromatic rings. The van der Waals surface area contributed by atoms with Crippen LogP contribution in [0.2, 0.25) is 0 Å². The quantitative estimate of drug-likeness (QED) is 0.801. The Bertz CT molecular complexity index is 725. The van der Waals surface area contributed by atoms with E-state index in [4.69, 9.17) is 5.73 Å². The SMILES string of the molecule is Nc1nc(-c2cccc(F)c2)c(Cc2ccncc2)s1. The number of hydrogen-bond donors (Lipinski definition) is 1. The Morgan fingerprint density at radius 1 is 1.15 bits per heavy atom. The van der Waals surface area contributed by atoms with Crippen LogP contribution in [0.1, 0.15) is 10.4 Å². The van der Waals surface area contributed by atoms with Crippen LogP contribution >= 0.6 is 11.3 Å². The largest absolute Gasteiger partial charge is 0.375 e. The molecule has 2 N–H and O–H groups in total. The van der Waals surface area contributed by atoms with E-state index in [-0.39, 0.29) is 5.82 Å². The molecular weight excluding hydrogens is 273 g/mol. The van der Waals surface area contributed by atoms with E-state index in [0.29, 0.717) is 11.6 Å². The van der Waals surface area contributed by atoms with Crippen molar-refractivity contribution >= 4 is 16.5 Å². The highest BCUT2D eigenvalue weighted by molar-refractivity contribution is 7.15. The van der Waals surface area contributed by atoms with Crippen LogP contribution in [-0.2, 0) is 6.42 Å². The van der Waals surface area contributed by atoms with Crippen LogP contribution in [0.3, 0.4) is 0 Å². The predicted molar refractivity (Wildman–Crippen MR) is 79.0 cm³/mol. The summed E-state index contributed by atoms with van der Waals surface area (Å²) in [5.41, 5.74) is 8.44. The molecule has 0 aliphatic rings. The molecule has 0 aliphatic carbocycles. The fourth-order valence-electron chi connectivity index (χ4n) is 2.04. The molecule has 5 heteroatoms. The molecule has 3 rings (SSSR count). The Kier molecular flexibility index (Phi) is 3.43. The first-order chi connectivity index (χ1) is 9.72. The molecule has 100 valence electrons. The zero-order valence-electron chi connectivity index (χ0n) is 10.6. The number of anilines is 1. The summed E-state index contributed by atoms with van der Waals surface area (Å²) in [6.45, 7) is 0. The summed E-state index contributed by atoms with van der Waals surface area (Å²) in [5.74, 6) is -0.274. The van der Waals surface area contributed by atoms with E-state index in [0.717, 1.165) is 21.7 Å². The molecule has 0 unspecified atom stereocenters. The molecule has 2 aromatic heterocycles. The van der Waals surface area contributed by atoms with Gasteiger partial charge in [-0.25, -0.2) is 9.37 Å². The lowest BCUT2D eigenvalue weighted by Crippen LogP contribution is -1.90. The summed E-state index contributed by atoms with van der Waals surface area (Å²) in [6.07, 6.45) is 4.21. The normalized spacial score (nSPS) is 10.7. The third-order valence-electron chi connectivity index (χ3n) is 2.93. The highest BCUT2D eigenvalue weighted by Crippen LogP contribution is 2.31. The molecule has 0 aliphatic heterocycles. The molecule has 3 nitrogen and oxygen atoms in total. The van der Waals surface area contributed by atoms with Crippen molar-refractivity contribution in [3.05, 3.63) is 65.0 Å². The molecule has 20 heavy (non-hydrogen) atoms. The zero-order chi connectivity index (χ0) is 13.9. The lowest BCUT2D eigenvalue weighted by molar-refractivity contribution is 0.628. The van der Waals surface area contributed by atoms with Gasteiger partial charge in [0.05, 0.1) is 5.69 Å². The average molecular weight is 285 g/mol. The van der Waals surface area contributed by atoms with Gasteiger partial charge in [0, 0.05) is 29.3 Å².